The van der Waals surface area contributed by atoms with Crippen molar-refractivity contribution in [2.24, 2.45) is 0 Å². The lowest BCUT2D eigenvalue weighted by Gasteiger charge is -2.34. The van der Waals surface area contributed by atoms with E-state index in [2.05, 4.69) is 55.2 Å². The van der Waals surface area contributed by atoms with Crippen molar-refractivity contribution >= 4 is 28.4 Å². The Hall–Kier alpha value is -4.16. The molecule has 0 aliphatic carbocycles. The smallest absolute Gasteiger partial charge is 0.279 e. The maximum atomic E-state index is 13.0. The van der Waals surface area contributed by atoms with Crippen LogP contribution in [0.4, 0.5) is 17.3 Å². The highest BCUT2D eigenvalue weighted by Gasteiger charge is 2.18. The van der Waals surface area contributed by atoms with Crippen molar-refractivity contribution in [2.45, 2.75) is 13.5 Å². The van der Waals surface area contributed by atoms with Gasteiger partial charge in [-0.2, -0.15) is 4.98 Å². The van der Waals surface area contributed by atoms with E-state index in [1.54, 1.807) is 4.68 Å². The monoisotopic (exact) mass is 454 g/mol. The van der Waals surface area contributed by atoms with Crippen molar-refractivity contribution in [1.82, 2.24) is 29.2 Å². The van der Waals surface area contributed by atoms with Gasteiger partial charge in [0.15, 0.2) is 11.5 Å². The first-order valence-electron chi connectivity index (χ1n) is 11.2. The predicted octanol–water partition coefficient (Wildman–Crippen LogP) is 2.41. The summed E-state index contributed by atoms with van der Waals surface area (Å²) in [5.74, 6) is 3.50. The molecule has 0 radical (unpaired) electrons. The van der Waals surface area contributed by atoms with Gasteiger partial charge < -0.3 is 15.1 Å². The number of fused-ring (bicyclic) bond motifs is 1. The van der Waals surface area contributed by atoms with Crippen molar-refractivity contribution in [3.63, 3.8) is 0 Å². The van der Waals surface area contributed by atoms with Gasteiger partial charge in [0.05, 0.1) is 0 Å². The molecule has 34 heavy (non-hydrogen) atoms. The SMILES string of the molecule is C#CCn1c(=O)c2cnc(Nc3ccc(N4CCN(C)CC4)cc3)nc2n1-c1cccc(C)n1. The first kappa shape index (κ1) is 21.7. The van der Waals surface area contributed by atoms with Crippen LogP contribution < -0.4 is 15.8 Å². The van der Waals surface area contributed by atoms with Crippen molar-refractivity contribution in [1.29, 1.82) is 0 Å². The van der Waals surface area contributed by atoms with Crippen LogP contribution in [0.5, 0.6) is 0 Å². The maximum Gasteiger partial charge on any atom is 0.279 e. The van der Waals surface area contributed by atoms with Gasteiger partial charge in [0.25, 0.3) is 5.56 Å². The summed E-state index contributed by atoms with van der Waals surface area (Å²) in [4.78, 5) is 31.3. The fourth-order valence-electron chi connectivity index (χ4n) is 4.15. The highest BCUT2D eigenvalue weighted by Crippen LogP contribution is 2.22. The number of pyridine rings is 1. The molecule has 0 spiro atoms. The van der Waals surface area contributed by atoms with Crippen LogP contribution in [0.2, 0.25) is 0 Å². The Morgan fingerprint density at radius 2 is 1.82 bits per heavy atom. The first-order valence-corrected chi connectivity index (χ1v) is 11.2. The zero-order valence-corrected chi connectivity index (χ0v) is 19.3. The first-order chi connectivity index (χ1) is 16.5. The standard InChI is InChI=1S/C25H26N8O/c1-4-12-32-24(34)21-17-26-25(29-23(21)33(32)22-7-5-6-18(2)27-22)28-19-8-10-20(11-9-19)31-15-13-30(3)14-16-31/h1,5-11,17H,12-16H2,2-3H3,(H,26,28,29). The topological polar surface area (TPSA) is 84.1 Å². The fourth-order valence-corrected chi connectivity index (χ4v) is 4.15. The molecule has 1 aliphatic heterocycles. The minimum Gasteiger partial charge on any atom is -0.369 e. The number of anilines is 3. The van der Waals surface area contributed by atoms with E-state index >= 15 is 0 Å². The number of rotatable bonds is 5. The van der Waals surface area contributed by atoms with Crippen LogP contribution in [-0.4, -0.2) is 62.4 Å². The molecule has 1 N–H and O–H groups in total. The Kier molecular flexibility index (Phi) is 5.74. The molecular weight excluding hydrogens is 428 g/mol. The van der Waals surface area contributed by atoms with E-state index in [4.69, 9.17) is 6.42 Å². The van der Waals surface area contributed by atoms with Crippen molar-refractivity contribution in [2.75, 3.05) is 43.4 Å². The number of benzene rings is 1. The van der Waals surface area contributed by atoms with Gasteiger partial charge in [-0.05, 0) is 50.4 Å². The third-order valence-corrected chi connectivity index (χ3v) is 6.00. The Morgan fingerprint density at radius 3 is 2.53 bits per heavy atom. The van der Waals surface area contributed by atoms with Crippen LogP contribution in [0.3, 0.4) is 0 Å². The summed E-state index contributed by atoms with van der Waals surface area (Å²) in [6.45, 7) is 6.15. The molecule has 0 atom stereocenters. The van der Waals surface area contributed by atoms with Gasteiger partial charge in [-0.15, -0.1) is 6.42 Å². The van der Waals surface area contributed by atoms with Crippen LogP contribution in [0.1, 0.15) is 5.69 Å². The summed E-state index contributed by atoms with van der Waals surface area (Å²) in [7, 11) is 2.15. The molecule has 172 valence electrons. The lowest BCUT2D eigenvalue weighted by molar-refractivity contribution is 0.313. The van der Waals surface area contributed by atoms with E-state index in [0.717, 1.165) is 37.6 Å². The number of piperazine rings is 1. The molecule has 0 saturated carbocycles. The van der Waals surface area contributed by atoms with Crippen molar-refractivity contribution in [3.8, 4) is 18.2 Å². The Balaban J connectivity index is 1.48. The molecule has 0 unspecified atom stereocenters. The van der Waals surface area contributed by atoms with Crippen LogP contribution in [0.15, 0.2) is 53.5 Å². The van der Waals surface area contributed by atoms with E-state index in [0.29, 0.717) is 22.8 Å². The highest BCUT2D eigenvalue weighted by atomic mass is 16.1. The zero-order chi connectivity index (χ0) is 23.7. The van der Waals surface area contributed by atoms with Gasteiger partial charge in [-0.3, -0.25) is 4.79 Å². The minimum atomic E-state index is -0.251. The maximum absolute atomic E-state index is 13.0. The number of hydrogen-bond acceptors (Lipinski definition) is 7. The molecule has 1 aromatic carbocycles. The molecule has 1 saturated heterocycles. The molecule has 1 fully saturated rings. The van der Waals surface area contributed by atoms with Gasteiger partial charge in [0.1, 0.15) is 11.9 Å². The van der Waals surface area contributed by atoms with E-state index < -0.39 is 0 Å². The van der Waals surface area contributed by atoms with Crippen molar-refractivity contribution in [3.05, 3.63) is 64.7 Å². The fraction of sp³-hybridized carbons (Fsp3) is 0.280. The predicted molar refractivity (Wildman–Crippen MR) is 134 cm³/mol. The van der Waals surface area contributed by atoms with Crippen LogP contribution in [-0.2, 0) is 6.54 Å². The summed E-state index contributed by atoms with van der Waals surface area (Å²) in [6.07, 6.45) is 7.07. The minimum absolute atomic E-state index is 0.0985. The van der Waals surface area contributed by atoms with Crippen LogP contribution in [0, 0.1) is 19.3 Å². The number of aryl methyl sites for hydroxylation is 1. The number of nitrogens with zero attached hydrogens (tertiary/aromatic N) is 7. The van der Waals surface area contributed by atoms with Gasteiger partial charge in [0, 0.05) is 49.4 Å². The second-order valence-electron chi connectivity index (χ2n) is 8.41. The molecule has 0 bridgehead atoms. The van der Waals surface area contributed by atoms with Crippen molar-refractivity contribution < 1.29 is 0 Å². The van der Waals surface area contributed by atoms with Gasteiger partial charge in [-0.25, -0.2) is 19.3 Å². The van der Waals surface area contributed by atoms with Gasteiger partial charge >= 0.3 is 0 Å². The quantitative estimate of drug-likeness (QED) is 0.464. The summed E-state index contributed by atoms with van der Waals surface area (Å²) >= 11 is 0. The van der Waals surface area contributed by atoms with Gasteiger partial charge in [-0.1, -0.05) is 12.0 Å². The number of terminal acetylenes is 1. The average Bonchev–Trinajstić information content (AvgIpc) is 3.11. The Morgan fingerprint density at radius 1 is 1.06 bits per heavy atom. The second-order valence-corrected chi connectivity index (χ2v) is 8.41. The summed E-state index contributed by atoms with van der Waals surface area (Å²) in [5, 5.41) is 3.63. The Bertz CT molecular complexity index is 1420. The second kappa shape index (κ2) is 9.00. The van der Waals surface area contributed by atoms with Crippen LogP contribution >= 0.6 is 0 Å². The molecule has 4 heterocycles. The summed E-state index contributed by atoms with van der Waals surface area (Å²) < 4.78 is 3.11. The Labute approximate surface area is 197 Å². The number of hydrogen-bond donors (Lipinski definition) is 1. The lowest BCUT2D eigenvalue weighted by Crippen LogP contribution is -2.44. The van der Waals surface area contributed by atoms with E-state index in [1.807, 2.05) is 37.3 Å². The summed E-state index contributed by atoms with van der Waals surface area (Å²) in [6, 6.07) is 13.8. The van der Waals surface area contributed by atoms with Crippen LogP contribution in [0.25, 0.3) is 16.9 Å². The number of aromatic nitrogens is 5. The average molecular weight is 455 g/mol. The largest absolute Gasteiger partial charge is 0.369 e. The van der Waals surface area contributed by atoms with E-state index in [1.165, 1.54) is 16.6 Å². The molecule has 5 rings (SSSR count). The number of likely N-dealkylation sites (N-methyl/N-ethyl adjacent to an activating group) is 1. The normalized spacial score (nSPS) is 14.3. The molecular formula is C25H26N8O. The highest BCUT2D eigenvalue weighted by molar-refractivity contribution is 5.77. The number of nitrogens with one attached hydrogen (secondary N) is 1. The summed E-state index contributed by atoms with van der Waals surface area (Å²) in [5.41, 5.74) is 3.08. The van der Waals surface area contributed by atoms with Gasteiger partial charge in [0.2, 0.25) is 5.95 Å². The molecule has 0 amide bonds. The molecule has 9 heteroatoms. The molecule has 1 aliphatic rings. The third-order valence-electron chi connectivity index (χ3n) is 6.00. The lowest BCUT2D eigenvalue weighted by atomic mass is 10.2. The third kappa shape index (κ3) is 4.11. The van der Waals surface area contributed by atoms with E-state index in [-0.39, 0.29) is 12.1 Å². The molecule has 4 aromatic rings. The zero-order valence-electron chi connectivity index (χ0n) is 19.3. The van der Waals surface area contributed by atoms with E-state index in [9.17, 15) is 4.79 Å². The molecule has 9 nitrogen and oxygen atoms in total. The molecule has 3 aromatic heterocycles.